The highest BCUT2D eigenvalue weighted by atomic mass is 19.1. The van der Waals surface area contributed by atoms with Crippen LogP contribution in [0.5, 0.6) is 0 Å². The van der Waals surface area contributed by atoms with E-state index in [9.17, 15) is 14.0 Å². The summed E-state index contributed by atoms with van der Waals surface area (Å²) in [6.45, 7) is 1.55. The Morgan fingerprint density at radius 3 is 2.43 bits per heavy atom. The Balaban J connectivity index is 1.77. The molecule has 1 fully saturated rings. The molecule has 0 saturated carbocycles. The Hall–Kier alpha value is -1.95. The van der Waals surface area contributed by atoms with Gasteiger partial charge in [-0.25, -0.2) is 4.39 Å². The summed E-state index contributed by atoms with van der Waals surface area (Å²) in [5.41, 5.74) is 6.18. The molecule has 1 saturated heterocycles. The van der Waals surface area contributed by atoms with Crippen LogP contribution in [0.1, 0.15) is 18.4 Å². The van der Waals surface area contributed by atoms with Crippen LogP contribution in [0.2, 0.25) is 0 Å². The van der Waals surface area contributed by atoms with E-state index in [1.807, 2.05) is 0 Å². The third-order valence-corrected chi connectivity index (χ3v) is 3.77. The fourth-order valence-corrected chi connectivity index (χ4v) is 2.46. The zero-order valence-electron chi connectivity index (χ0n) is 11.8. The number of halogens is 1. The van der Waals surface area contributed by atoms with Crippen LogP contribution < -0.4 is 11.1 Å². The zero-order chi connectivity index (χ0) is 15.2. The van der Waals surface area contributed by atoms with Gasteiger partial charge in [0.1, 0.15) is 5.82 Å². The van der Waals surface area contributed by atoms with E-state index in [1.54, 1.807) is 17.0 Å². The van der Waals surface area contributed by atoms with Gasteiger partial charge in [-0.3, -0.25) is 9.59 Å². The molecule has 1 aliphatic heterocycles. The van der Waals surface area contributed by atoms with Crippen molar-refractivity contribution in [3.05, 3.63) is 35.6 Å². The first-order valence-corrected chi connectivity index (χ1v) is 7.10. The predicted octanol–water partition coefficient (Wildman–Crippen LogP) is 0.639. The molecule has 3 N–H and O–H groups in total. The number of nitrogens with one attached hydrogen (secondary N) is 1. The third-order valence-electron chi connectivity index (χ3n) is 3.77. The molecule has 0 aliphatic carbocycles. The van der Waals surface area contributed by atoms with E-state index in [2.05, 4.69) is 5.32 Å². The van der Waals surface area contributed by atoms with Crippen LogP contribution in [0.15, 0.2) is 24.3 Å². The highest BCUT2D eigenvalue weighted by molar-refractivity contribution is 5.80. The lowest BCUT2D eigenvalue weighted by molar-refractivity contribution is -0.134. The summed E-state index contributed by atoms with van der Waals surface area (Å²) in [5.74, 6) is -0.450. The molecule has 0 atom stereocenters. The van der Waals surface area contributed by atoms with Gasteiger partial charge in [0.2, 0.25) is 11.8 Å². The number of rotatable bonds is 4. The Labute approximate surface area is 123 Å². The molecule has 114 valence electrons. The zero-order valence-corrected chi connectivity index (χ0v) is 11.8. The number of benzene rings is 1. The average molecular weight is 293 g/mol. The first-order chi connectivity index (χ1) is 10.1. The van der Waals surface area contributed by atoms with Gasteiger partial charge in [0.05, 0.1) is 6.54 Å². The molecule has 2 amide bonds. The summed E-state index contributed by atoms with van der Waals surface area (Å²) in [6.07, 6.45) is 1.31. The van der Waals surface area contributed by atoms with Crippen molar-refractivity contribution in [1.29, 1.82) is 0 Å². The minimum Gasteiger partial charge on any atom is -0.352 e. The largest absolute Gasteiger partial charge is 0.352 e. The second-order valence-corrected chi connectivity index (χ2v) is 5.20. The van der Waals surface area contributed by atoms with Gasteiger partial charge < -0.3 is 16.0 Å². The number of carbonyl (C=O) groups is 2. The number of hydrogen-bond acceptors (Lipinski definition) is 3. The van der Waals surface area contributed by atoms with Gasteiger partial charge in [-0.2, -0.15) is 0 Å². The molecular weight excluding hydrogens is 273 g/mol. The summed E-state index contributed by atoms with van der Waals surface area (Å²) in [6, 6.07) is 6.05. The molecule has 1 heterocycles. The molecule has 0 bridgehead atoms. The van der Waals surface area contributed by atoms with E-state index in [-0.39, 0.29) is 30.1 Å². The maximum atomic E-state index is 12.8. The SMILES string of the molecule is NCC(=O)N1CCC(C(=O)NCc2ccc(F)cc2)CC1. The number of piperidine rings is 1. The van der Waals surface area contributed by atoms with E-state index < -0.39 is 0 Å². The normalized spacial score (nSPS) is 15.8. The van der Waals surface area contributed by atoms with Crippen LogP contribution in [0.3, 0.4) is 0 Å². The number of nitrogens with zero attached hydrogens (tertiary/aromatic N) is 1. The molecule has 0 unspecified atom stereocenters. The molecule has 0 aromatic heterocycles. The highest BCUT2D eigenvalue weighted by Crippen LogP contribution is 2.17. The number of nitrogens with two attached hydrogens (primary N) is 1. The Bertz CT molecular complexity index is 496. The van der Waals surface area contributed by atoms with Crippen molar-refractivity contribution in [2.24, 2.45) is 11.7 Å². The van der Waals surface area contributed by atoms with Gasteiger partial charge in [0.25, 0.3) is 0 Å². The Morgan fingerprint density at radius 2 is 1.86 bits per heavy atom. The summed E-state index contributed by atoms with van der Waals surface area (Å²) < 4.78 is 12.8. The smallest absolute Gasteiger partial charge is 0.236 e. The van der Waals surface area contributed by atoms with E-state index in [0.717, 1.165) is 5.56 Å². The van der Waals surface area contributed by atoms with E-state index >= 15 is 0 Å². The summed E-state index contributed by atoms with van der Waals surface area (Å²) in [5, 5.41) is 2.86. The third kappa shape index (κ3) is 4.26. The quantitative estimate of drug-likeness (QED) is 0.855. The van der Waals surface area contributed by atoms with Crippen molar-refractivity contribution in [2.75, 3.05) is 19.6 Å². The van der Waals surface area contributed by atoms with Gasteiger partial charge in [-0.1, -0.05) is 12.1 Å². The molecule has 0 spiro atoms. The minimum absolute atomic E-state index is 0.0147. The van der Waals surface area contributed by atoms with Gasteiger partial charge >= 0.3 is 0 Å². The maximum Gasteiger partial charge on any atom is 0.236 e. The molecule has 1 aromatic carbocycles. The van der Waals surface area contributed by atoms with Gasteiger partial charge in [0, 0.05) is 25.6 Å². The summed E-state index contributed by atoms with van der Waals surface area (Å²) in [4.78, 5) is 25.2. The molecule has 6 heteroatoms. The minimum atomic E-state index is -0.290. The molecule has 1 aromatic rings. The predicted molar refractivity (Wildman–Crippen MR) is 76.6 cm³/mol. The highest BCUT2D eigenvalue weighted by Gasteiger charge is 2.26. The van der Waals surface area contributed by atoms with Crippen molar-refractivity contribution in [3.8, 4) is 0 Å². The van der Waals surface area contributed by atoms with Crippen molar-refractivity contribution in [2.45, 2.75) is 19.4 Å². The van der Waals surface area contributed by atoms with Crippen LogP contribution in [-0.4, -0.2) is 36.3 Å². The van der Waals surface area contributed by atoms with Crippen LogP contribution in [0, 0.1) is 11.7 Å². The standard InChI is InChI=1S/C15H20FN3O2/c16-13-3-1-11(2-4-13)10-18-15(21)12-5-7-19(8-6-12)14(20)9-17/h1-4,12H,5-10,17H2,(H,18,21). The van der Waals surface area contributed by atoms with Gasteiger partial charge in [-0.15, -0.1) is 0 Å². The monoisotopic (exact) mass is 293 g/mol. The van der Waals surface area contributed by atoms with Crippen molar-refractivity contribution < 1.29 is 14.0 Å². The lowest BCUT2D eigenvalue weighted by atomic mass is 9.95. The first-order valence-electron chi connectivity index (χ1n) is 7.10. The number of carbonyl (C=O) groups excluding carboxylic acids is 2. The maximum absolute atomic E-state index is 12.8. The molecule has 2 rings (SSSR count). The number of amides is 2. The van der Waals surface area contributed by atoms with Crippen molar-refractivity contribution >= 4 is 11.8 Å². The Morgan fingerprint density at radius 1 is 1.24 bits per heavy atom. The molecule has 1 aliphatic rings. The number of likely N-dealkylation sites (tertiary alicyclic amines) is 1. The van der Waals surface area contributed by atoms with Crippen molar-refractivity contribution in [3.63, 3.8) is 0 Å². The fraction of sp³-hybridized carbons (Fsp3) is 0.467. The molecular formula is C15H20FN3O2. The summed E-state index contributed by atoms with van der Waals surface area (Å²) >= 11 is 0. The lowest BCUT2D eigenvalue weighted by Crippen LogP contribution is -2.44. The second-order valence-electron chi connectivity index (χ2n) is 5.20. The van der Waals surface area contributed by atoms with Crippen LogP contribution in [0.25, 0.3) is 0 Å². The van der Waals surface area contributed by atoms with Crippen LogP contribution in [0.4, 0.5) is 4.39 Å². The van der Waals surface area contributed by atoms with Gasteiger partial charge in [0.15, 0.2) is 0 Å². The fourth-order valence-electron chi connectivity index (χ4n) is 2.46. The van der Waals surface area contributed by atoms with Crippen LogP contribution >= 0.6 is 0 Å². The number of hydrogen-bond donors (Lipinski definition) is 2. The second kappa shape index (κ2) is 7.17. The van der Waals surface area contributed by atoms with Gasteiger partial charge in [-0.05, 0) is 30.5 Å². The molecule has 5 nitrogen and oxygen atoms in total. The van der Waals surface area contributed by atoms with E-state index in [0.29, 0.717) is 32.5 Å². The van der Waals surface area contributed by atoms with Crippen molar-refractivity contribution in [1.82, 2.24) is 10.2 Å². The molecule has 21 heavy (non-hydrogen) atoms. The first kappa shape index (κ1) is 15.4. The van der Waals surface area contributed by atoms with Crippen LogP contribution in [-0.2, 0) is 16.1 Å². The van der Waals surface area contributed by atoms with E-state index in [1.165, 1.54) is 12.1 Å². The summed E-state index contributed by atoms with van der Waals surface area (Å²) in [7, 11) is 0. The average Bonchev–Trinajstić information content (AvgIpc) is 2.53. The molecule has 0 radical (unpaired) electrons. The topological polar surface area (TPSA) is 75.4 Å². The lowest BCUT2D eigenvalue weighted by Gasteiger charge is -2.31. The Kier molecular flexibility index (Phi) is 5.27. The van der Waals surface area contributed by atoms with E-state index in [4.69, 9.17) is 5.73 Å².